The SMILES string of the molecule is Cn1cc[n+](CCCO)c1.[I-]. The number of hydrogen-bond donors (Lipinski definition) is 1. The fourth-order valence-electron chi connectivity index (χ4n) is 0.887. The van der Waals surface area contributed by atoms with Crippen molar-refractivity contribution in [3.63, 3.8) is 0 Å². The van der Waals surface area contributed by atoms with Gasteiger partial charge in [0.25, 0.3) is 0 Å². The monoisotopic (exact) mass is 268 g/mol. The van der Waals surface area contributed by atoms with Gasteiger partial charge in [-0.05, 0) is 0 Å². The molecule has 1 heterocycles. The second kappa shape index (κ2) is 5.54. The topological polar surface area (TPSA) is 29.0 Å². The Bertz CT molecular complexity index is 200. The molecule has 0 radical (unpaired) electrons. The normalized spacial score (nSPS) is 9.27. The highest BCUT2D eigenvalue weighted by Gasteiger charge is 1.96. The highest BCUT2D eigenvalue weighted by molar-refractivity contribution is 4.61. The molecule has 4 heteroatoms. The van der Waals surface area contributed by atoms with Gasteiger partial charge in [-0.1, -0.05) is 0 Å². The molecule has 0 saturated carbocycles. The smallest absolute Gasteiger partial charge is 0.243 e. The van der Waals surface area contributed by atoms with E-state index < -0.39 is 0 Å². The average Bonchev–Trinajstić information content (AvgIpc) is 2.31. The van der Waals surface area contributed by atoms with Crippen molar-refractivity contribution in [2.24, 2.45) is 7.05 Å². The van der Waals surface area contributed by atoms with Gasteiger partial charge in [-0.25, -0.2) is 9.13 Å². The van der Waals surface area contributed by atoms with Crippen LogP contribution in [-0.4, -0.2) is 16.3 Å². The number of nitrogens with zero attached hydrogens (tertiary/aromatic N) is 2. The van der Waals surface area contributed by atoms with E-state index in [1.54, 1.807) is 0 Å². The van der Waals surface area contributed by atoms with Crippen LogP contribution in [-0.2, 0) is 13.6 Å². The predicted molar refractivity (Wildman–Crippen MR) is 37.3 cm³/mol. The van der Waals surface area contributed by atoms with Crippen LogP contribution >= 0.6 is 0 Å². The van der Waals surface area contributed by atoms with Crippen LogP contribution in [0.5, 0.6) is 0 Å². The molecule has 0 aromatic carbocycles. The lowest BCUT2D eigenvalue weighted by molar-refractivity contribution is -0.696. The highest BCUT2D eigenvalue weighted by Crippen LogP contribution is 1.79. The molecule has 1 N–H and O–H groups in total. The lowest BCUT2D eigenvalue weighted by atomic mass is 10.4. The van der Waals surface area contributed by atoms with Crippen LogP contribution in [0.2, 0.25) is 0 Å². The molecule has 0 aliphatic rings. The van der Waals surface area contributed by atoms with Crippen molar-refractivity contribution >= 4 is 0 Å². The van der Waals surface area contributed by atoms with Crippen LogP contribution in [0.3, 0.4) is 0 Å². The van der Waals surface area contributed by atoms with Crippen molar-refractivity contribution in [1.82, 2.24) is 4.57 Å². The Morgan fingerprint density at radius 3 is 2.73 bits per heavy atom. The Hall–Kier alpha value is -0.100. The summed E-state index contributed by atoms with van der Waals surface area (Å²) < 4.78 is 4.04. The molecule has 0 amide bonds. The van der Waals surface area contributed by atoms with Gasteiger partial charge in [-0.15, -0.1) is 0 Å². The van der Waals surface area contributed by atoms with Crippen molar-refractivity contribution in [2.45, 2.75) is 13.0 Å². The largest absolute Gasteiger partial charge is 1.00 e. The summed E-state index contributed by atoms with van der Waals surface area (Å²) in [6.07, 6.45) is 6.80. The second-order valence-corrected chi connectivity index (χ2v) is 2.39. The van der Waals surface area contributed by atoms with Gasteiger partial charge in [-0.2, -0.15) is 0 Å². The summed E-state index contributed by atoms with van der Waals surface area (Å²) in [5.41, 5.74) is 0. The Balaban J connectivity index is 0.000001000. The van der Waals surface area contributed by atoms with Crippen LogP contribution in [0.4, 0.5) is 0 Å². The number of aryl methyl sites for hydroxylation is 2. The molecular formula is C7H13IN2O. The summed E-state index contributed by atoms with van der Waals surface area (Å²) in [7, 11) is 1.98. The molecule has 0 saturated heterocycles. The van der Waals surface area contributed by atoms with Gasteiger partial charge < -0.3 is 29.1 Å². The maximum absolute atomic E-state index is 8.51. The molecule has 0 aliphatic heterocycles. The first-order chi connectivity index (χ1) is 4.83. The van der Waals surface area contributed by atoms with Gasteiger partial charge in [0, 0.05) is 13.0 Å². The van der Waals surface area contributed by atoms with Gasteiger partial charge in [0.15, 0.2) is 0 Å². The first-order valence-corrected chi connectivity index (χ1v) is 3.45. The van der Waals surface area contributed by atoms with Crippen molar-refractivity contribution in [1.29, 1.82) is 0 Å². The van der Waals surface area contributed by atoms with E-state index in [-0.39, 0.29) is 30.6 Å². The van der Waals surface area contributed by atoms with Crippen LogP contribution in [0.1, 0.15) is 6.42 Å². The molecule has 11 heavy (non-hydrogen) atoms. The molecule has 1 aromatic rings. The maximum Gasteiger partial charge on any atom is 0.243 e. The predicted octanol–water partition coefficient (Wildman–Crippen LogP) is -3.30. The fourth-order valence-corrected chi connectivity index (χ4v) is 0.887. The number of rotatable bonds is 3. The summed E-state index contributed by atoms with van der Waals surface area (Å²) in [5, 5.41) is 8.51. The highest BCUT2D eigenvalue weighted by atomic mass is 127. The molecule has 0 atom stereocenters. The Labute approximate surface area is 83.7 Å². The zero-order valence-corrected chi connectivity index (χ0v) is 8.73. The van der Waals surface area contributed by atoms with E-state index in [0.717, 1.165) is 13.0 Å². The maximum atomic E-state index is 8.51. The zero-order valence-electron chi connectivity index (χ0n) is 6.57. The molecular weight excluding hydrogens is 255 g/mol. The Morgan fingerprint density at radius 1 is 1.55 bits per heavy atom. The van der Waals surface area contributed by atoms with Gasteiger partial charge in [-0.3, -0.25) is 0 Å². The average molecular weight is 268 g/mol. The van der Waals surface area contributed by atoms with Gasteiger partial charge >= 0.3 is 0 Å². The van der Waals surface area contributed by atoms with Gasteiger partial charge in [0.2, 0.25) is 6.33 Å². The van der Waals surface area contributed by atoms with Crippen LogP contribution in [0, 0.1) is 0 Å². The Kier molecular flexibility index (Phi) is 5.49. The Morgan fingerprint density at radius 2 is 2.27 bits per heavy atom. The summed E-state index contributed by atoms with van der Waals surface area (Å²) in [6.45, 7) is 1.17. The van der Waals surface area contributed by atoms with Crippen molar-refractivity contribution in [3.05, 3.63) is 18.7 Å². The summed E-state index contributed by atoms with van der Waals surface area (Å²) in [5.74, 6) is 0. The molecule has 0 spiro atoms. The zero-order chi connectivity index (χ0) is 7.40. The molecule has 0 bridgehead atoms. The van der Waals surface area contributed by atoms with E-state index in [1.807, 2.05) is 30.3 Å². The molecule has 64 valence electrons. The fraction of sp³-hybridized carbons (Fsp3) is 0.571. The van der Waals surface area contributed by atoms with E-state index in [9.17, 15) is 0 Å². The number of imidazole rings is 1. The minimum atomic E-state index is 0. The van der Waals surface area contributed by atoms with Crippen molar-refractivity contribution < 1.29 is 33.7 Å². The minimum absolute atomic E-state index is 0. The van der Waals surface area contributed by atoms with E-state index >= 15 is 0 Å². The quantitative estimate of drug-likeness (QED) is 0.451. The molecule has 3 nitrogen and oxygen atoms in total. The number of aliphatic hydroxyl groups excluding tert-OH is 1. The third-order valence-electron chi connectivity index (χ3n) is 1.40. The van der Waals surface area contributed by atoms with E-state index in [1.165, 1.54) is 0 Å². The third kappa shape index (κ3) is 3.71. The van der Waals surface area contributed by atoms with Gasteiger partial charge in [0.1, 0.15) is 12.4 Å². The van der Waals surface area contributed by atoms with Crippen molar-refractivity contribution in [3.8, 4) is 0 Å². The molecule has 1 rings (SSSR count). The second-order valence-electron chi connectivity index (χ2n) is 2.39. The number of halogens is 1. The van der Waals surface area contributed by atoms with E-state index in [0.29, 0.717) is 0 Å². The molecule has 0 unspecified atom stereocenters. The molecule has 0 fully saturated rings. The van der Waals surface area contributed by atoms with Crippen LogP contribution in [0.15, 0.2) is 18.7 Å². The standard InChI is InChI=1S/C7H13N2O.HI/c1-8-4-5-9(7-8)3-2-6-10;/h4-5,7,10H,2-3,6H2,1H3;1H/q+1;/p-1. The van der Waals surface area contributed by atoms with E-state index in [2.05, 4.69) is 4.57 Å². The number of aromatic nitrogens is 2. The van der Waals surface area contributed by atoms with Crippen LogP contribution < -0.4 is 28.5 Å². The van der Waals surface area contributed by atoms with Crippen LogP contribution in [0.25, 0.3) is 0 Å². The third-order valence-corrected chi connectivity index (χ3v) is 1.40. The number of hydrogen-bond acceptors (Lipinski definition) is 1. The van der Waals surface area contributed by atoms with E-state index in [4.69, 9.17) is 5.11 Å². The lowest BCUT2D eigenvalue weighted by Gasteiger charge is -1.90. The lowest BCUT2D eigenvalue weighted by Crippen LogP contribution is -3.00. The summed E-state index contributed by atoms with van der Waals surface area (Å²) in [6, 6.07) is 0. The first-order valence-electron chi connectivity index (χ1n) is 3.45. The minimum Gasteiger partial charge on any atom is -1.00 e. The summed E-state index contributed by atoms with van der Waals surface area (Å²) in [4.78, 5) is 0. The number of aliphatic hydroxyl groups is 1. The summed E-state index contributed by atoms with van der Waals surface area (Å²) >= 11 is 0. The van der Waals surface area contributed by atoms with Gasteiger partial charge in [0.05, 0.1) is 13.6 Å². The first kappa shape index (κ1) is 10.9. The molecule has 1 aromatic heterocycles. The molecule has 0 aliphatic carbocycles. The van der Waals surface area contributed by atoms with Crippen molar-refractivity contribution in [2.75, 3.05) is 6.61 Å².